The number of hydrogen-bond acceptors (Lipinski definition) is 9. The number of H-pyrrole nitrogens is 1. The molecule has 0 aliphatic carbocycles. The molecule has 11 nitrogen and oxygen atoms in total. The number of imidazole rings is 1. The third-order valence-electron chi connectivity index (χ3n) is 3.63. The molecule has 11 heteroatoms. The van der Waals surface area contributed by atoms with Gasteiger partial charge in [-0.15, -0.1) is 0 Å². The highest BCUT2D eigenvalue weighted by atomic mass is 16.7. The van der Waals surface area contributed by atoms with Crippen molar-refractivity contribution in [2.45, 2.75) is 24.2 Å². The van der Waals surface area contributed by atoms with Crippen LogP contribution in [0.1, 0.15) is 0 Å². The van der Waals surface area contributed by atoms with Crippen molar-refractivity contribution in [3.63, 3.8) is 0 Å². The van der Waals surface area contributed by atoms with Crippen LogP contribution < -0.4 is 11.3 Å². The fourth-order valence-electron chi connectivity index (χ4n) is 2.54. The number of rotatable bonds is 3. The molecule has 0 aromatic carbocycles. The van der Waals surface area contributed by atoms with Gasteiger partial charge in [-0.1, -0.05) is 0 Å². The Balaban J connectivity index is 2.22. The number of fused-ring (bicyclic) bond motifs is 1. The Morgan fingerprint density at radius 3 is 2.91 bits per heavy atom. The van der Waals surface area contributed by atoms with Crippen LogP contribution in [0, 0.1) is 0 Å². The largest absolute Gasteiger partial charge is 0.394 e. The molecule has 120 valence electrons. The maximum atomic E-state index is 11.8. The van der Waals surface area contributed by atoms with Crippen LogP contribution in [0.25, 0.3) is 11.2 Å². The van der Waals surface area contributed by atoms with E-state index in [1.54, 1.807) is 0 Å². The van der Waals surface area contributed by atoms with Crippen molar-refractivity contribution in [2.75, 3.05) is 19.5 Å². The molecule has 2 aromatic heterocycles. The van der Waals surface area contributed by atoms with E-state index in [1.807, 2.05) is 0 Å². The van der Waals surface area contributed by atoms with Crippen molar-refractivity contribution in [1.29, 1.82) is 0 Å². The highest BCUT2D eigenvalue weighted by Crippen LogP contribution is 2.37. The van der Waals surface area contributed by atoms with E-state index in [4.69, 9.17) is 15.2 Å². The van der Waals surface area contributed by atoms with Gasteiger partial charge in [0.05, 0.1) is 6.61 Å². The quantitative estimate of drug-likeness (QED) is 0.398. The number of aliphatic hydroxyl groups is 3. The van der Waals surface area contributed by atoms with E-state index in [0.717, 1.165) is 4.57 Å². The Morgan fingerprint density at radius 1 is 1.59 bits per heavy atom. The summed E-state index contributed by atoms with van der Waals surface area (Å²) in [5.41, 5.74) is 4.91. The molecule has 0 amide bonds. The Bertz CT molecular complexity index is 759. The van der Waals surface area contributed by atoms with Gasteiger partial charge in [0.2, 0.25) is 5.95 Å². The second-order valence-corrected chi connectivity index (χ2v) is 4.85. The molecule has 1 saturated heterocycles. The first-order chi connectivity index (χ1) is 10.4. The van der Waals surface area contributed by atoms with E-state index < -0.39 is 36.4 Å². The minimum Gasteiger partial charge on any atom is -0.394 e. The number of aromatic nitrogens is 4. The molecule has 0 bridgehead atoms. The van der Waals surface area contributed by atoms with Crippen LogP contribution in [-0.2, 0) is 15.4 Å². The first kappa shape index (κ1) is 14.9. The molecule has 22 heavy (non-hydrogen) atoms. The fraction of sp³-hybridized carbons (Fsp3) is 0.545. The standard InChI is InChI=1S/C11H15N5O6/c1-21-11(7(19)6(18)4(2-17)22-11)16-3-13-5-8(16)14-10(12)15-9(5)20/h3-4,6-7,17-19H,2H2,1H3,(H3,12,14,15,20)/t4-,6-,7-,11-/m1/s1. The van der Waals surface area contributed by atoms with Crippen molar-refractivity contribution in [3.05, 3.63) is 16.7 Å². The summed E-state index contributed by atoms with van der Waals surface area (Å²) in [4.78, 5) is 21.9. The van der Waals surface area contributed by atoms with Gasteiger partial charge in [-0.05, 0) is 0 Å². The lowest BCUT2D eigenvalue weighted by Gasteiger charge is -2.31. The highest BCUT2D eigenvalue weighted by Gasteiger charge is 2.57. The topological polar surface area (TPSA) is 169 Å². The zero-order valence-corrected chi connectivity index (χ0v) is 11.5. The minimum absolute atomic E-state index is 0.00735. The molecule has 2 aromatic rings. The van der Waals surface area contributed by atoms with E-state index in [-0.39, 0.29) is 17.1 Å². The third kappa shape index (κ3) is 1.84. The van der Waals surface area contributed by atoms with Gasteiger partial charge < -0.3 is 30.5 Å². The Hall–Kier alpha value is -2.05. The van der Waals surface area contributed by atoms with Crippen LogP contribution in [0.15, 0.2) is 11.1 Å². The molecular formula is C11H15N5O6. The van der Waals surface area contributed by atoms with Gasteiger partial charge >= 0.3 is 0 Å². The van der Waals surface area contributed by atoms with Gasteiger partial charge in [-0.2, -0.15) is 4.98 Å². The number of methoxy groups -OCH3 is 1. The molecule has 0 unspecified atom stereocenters. The number of nitrogens with zero attached hydrogens (tertiary/aromatic N) is 3. The Morgan fingerprint density at radius 2 is 2.32 bits per heavy atom. The number of aliphatic hydroxyl groups excluding tert-OH is 3. The average molecular weight is 313 g/mol. The first-order valence-corrected chi connectivity index (χ1v) is 6.38. The summed E-state index contributed by atoms with van der Waals surface area (Å²) in [6.07, 6.45) is -2.85. The van der Waals surface area contributed by atoms with E-state index >= 15 is 0 Å². The molecule has 3 heterocycles. The number of nitrogens with one attached hydrogen (secondary N) is 1. The number of anilines is 1. The van der Waals surface area contributed by atoms with Crippen LogP contribution in [0.4, 0.5) is 5.95 Å². The van der Waals surface area contributed by atoms with Crippen molar-refractivity contribution in [2.24, 2.45) is 0 Å². The number of nitrogen functional groups attached to an aromatic ring is 1. The third-order valence-corrected chi connectivity index (χ3v) is 3.63. The van der Waals surface area contributed by atoms with Crippen LogP contribution in [0.5, 0.6) is 0 Å². The van der Waals surface area contributed by atoms with Gasteiger partial charge in [0, 0.05) is 7.11 Å². The summed E-state index contributed by atoms with van der Waals surface area (Å²) in [5, 5.41) is 29.4. The van der Waals surface area contributed by atoms with Gasteiger partial charge in [0.15, 0.2) is 17.3 Å². The predicted octanol–water partition coefficient (Wildman–Crippen LogP) is -2.93. The van der Waals surface area contributed by atoms with Gasteiger partial charge in [0.25, 0.3) is 11.5 Å². The summed E-state index contributed by atoms with van der Waals surface area (Å²) in [7, 11) is 1.23. The van der Waals surface area contributed by atoms with Crippen LogP contribution in [-0.4, -0.2) is 66.9 Å². The number of ether oxygens (including phenoxy) is 2. The zero-order valence-electron chi connectivity index (χ0n) is 11.5. The van der Waals surface area contributed by atoms with Crippen molar-refractivity contribution < 1.29 is 24.8 Å². The van der Waals surface area contributed by atoms with Crippen LogP contribution >= 0.6 is 0 Å². The normalized spacial score (nSPS) is 31.9. The monoisotopic (exact) mass is 313 g/mol. The summed E-state index contributed by atoms with van der Waals surface area (Å²) in [5.74, 6) is -2.05. The highest BCUT2D eigenvalue weighted by molar-refractivity contribution is 5.70. The van der Waals surface area contributed by atoms with Crippen LogP contribution in [0.2, 0.25) is 0 Å². The Labute approximate surface area is 122 Å². The second-order valence-electron chi connectivity index (χ2n) is 4.85. The lowest BCUT2D eigenvalue weighted by Crippen LogP contribution is -2.47. The van der Waals surface area contributed by atoms with Gasteiger partial charge in [0.1, 0.15) is 18.5 Å². The average Bonchev–Trinajstić information content (AvgIpc) is 3.01. The fourth-order valence-corrected chi connectivity index (χ4v) is 2.54. The summed E-state index contributed by atoms with van der Waals surface area (Å²) < 4.78 is 11.8. The molecule has 0 radical (unpaired) electrons. The molecular weight excluding hydrogens is 298 g/mol. The predicted molar refractivity (Wildman–Crippen MR) is 71.5 cm³/mol. The number of aromatic amines is 1. The first-order valence-electron chi connectivity index (χ1n) is 6.38. The van der Waals surface area contributed by atoms with E-state index in [2.05, 4.69) is 15.0 Å². The second kappa shape index (κ2) is 5.00. The maximum Gasteiger partial charge on any atom is 0.288 e. The molecule has 1 aliphatic heterocycles. The minimum atomic E-state index is -1.89. The lowest BCUT2D eigenvalue weighted by molar-refractivity contribution is -0.302. The molecule has 4 atom stereocenters. The molecule has 1 aliphatic rings. The number of nitrogens with two attached hydrogens (primary N) is 1. The summed E-state index contributed by atoms with van der Waals surface area (Å²) in [6.45, 7) is -0.536. The van der Waals surface area contributed by atoms with E-state index in [1.165, 1.54) is 13.4 Å². The van der Waals surface area contributed by atoms with Crippen molar-refractivity contribution in [3.8, 4) is 0 Å². The molecule has 3 rings (SSSR count). The van der Waals surface area contributed by atoms with E-state index in [0.29, 0.717) is 0 Å². The van der Waals surface area contributed by atoms with Crippen LogP contribution in [0.3, 0.4) is 0 Å². The zero-order chi connectivity index (χ0) is 16.1. The Kier molecular flexibility index (Phi) is 3.38. The summed E-state index contributed by atoms with van der Waals surface area (Å²) in [6, 6.07) is 0. The molecule has 0 spiro atoms. The van der Waals surface area contributed by atoms with E-state index in [9.17, 15) is 20.1 Å². The number of hydrogen-bond donors (Lipinski definition) is 5. The van der Waals surface area contributed by atoms with Gasteiger partial charge in [-0.25, -0.2) is 4.98 Å². The van der Waals surface area contributed by atoms with Crippen molar-refractivity contribution >= 4 is 17.1 Å². The lowest BCUT2D eigenvalue weighted by atomic mass is 10.1. The molecule has 0 saturated carbocycles. The van der Waals surface area contributed by atoms with Gasteiger partial charge in [-0.3, -0.25) is 14.3 Å². The van der Waals surface area contributed by atoms with Crippen molar-refractivity contribution in [1.82, 2.24) is 19.5 Å². The smallest absolute Gasteiger partial charge is 0.288 e. The molecule has 6 N–H and O–H groups in total. The maximum absolute atomic E-state index is 11.8. The SMILES string of the molecule is CO[C@@]1(n2cnc3c(=O)[nH]c(N)nc32)O[C@H](CO)[C@@H](O)[C@H]1O. The molecule has 1 fully saturated rings. The summed E-state index contributed by atoms with van der Waals surface area (Å²) >= 11 is 0.